The summed E-state index contributed by atoms with van der Waals surface area (Å²) in [5.41, 5.74) is 0.223. The largest absolute Gasteiger partial charge is 0.508 e. The van der Waals surface area contributed by atoms with E-state index in [-0.39, 0.29) is 22.8 Å². The first-order chi connectivity index (χ1) is 8.15. The standard InChI is InChI=1S/C14H20O3/c1-2-3-4-5-6-7-13(16)12-10-11(15)8-9-14(12)17/h8-10,15,17H,2-7H2,1H3. The molecule has 94 valence electrons. The molecular weight excluding hydrogens is 216 g/mol. The van der Waals surface area contributed by atoms with Crippen LogP contribution in [0, 0.1) is 0 Å². The molecule has 0 aliphatic carbocycles. The van der Waals surface area contributed by atoms with Gasteiger partial charge in [-0.1, -0.05) is 32.6 Å². The first-order valence-corrected chi connectivity index (χ1v) is 6.20. The van der Waals surface area contributed by atoms with Gasteiger partial charge in [-0.25, -0.2) is 0 Å². The van der Waals surface area contributed by atoms with Crippen molar-refractivity contribution in [3.8, 4) is 11.5 Å². The molecule has 0 radical (unpaired) electrons. The lowest BCUT2D eigenvalue weighted by Crippen LogP contribution is -1.99. The third-order valence-electron chi connectivity index (χ3n) is 2.79. The molecule has 1 aromatic rings. The molecule has 0 aliphatic heterocycles. The zero-order chi connectivity index (χ0) is 12.7. The second-order valence-electron chi connectivity index (χ2n) is 4.29. The Bertz CT molecular complexity index is 372. The van der Waals surface area contributed by atoms with Crippen LogP contribution in [0.5, 0.6) is 11.5 Å². The predicted molar refractivity (Wildman–Crippen MR) is 67.5 cm³/mol. The molecule has 0 unspecified atom stereocenters. The van der Waals surface area contributed by atoms with Crippen LogP contribution in [0.4, 0.5) is 0 Å². The number of rotatable bonds is 7. The lowest BCUT2D eigenvalue weighted by molar-refractivity contribution is 0.0976. The molecule has 0 heterocycles. The van der Waals surface area contributed by atoms with Crippen molar-refractivity contribution < 1.29 is 15.0 Å². The number of phenols is 2. The third-order valence-corrected chi connectivity index (χ3v) is 2.79. The van der Waals surface area contributed by atoms with Crippen molar-refractivity contribution >= 4 is 5.78 Å². The zero-order valence-electron chi connectivity index (χ0n) is 10.3. The van der Waals surface area contributed by atoms with Gasteiger partial charge >= 0.3 is 0 Å². The van der Waals surface area contributed by atoms with E-state index in [4.69, 9.17) is 0 Å². The van der Waals surface area contributed by atoms with Gasteiger partial charge in [0, 0.05) is 6.42 Å². The Morgan fingerprint density at radius 2 is 1.82 bits per heavy atom. The fourth-order valence-electron chi connectivity index (χ4n) is 1.77. The summed E-state index contributed by atoms with van der Waals surface area (Å²) in [4.78, 5) is 11.8. The molecule has 0 aliphatic rings. The van der Waals surface area contributed by atoms with Crippen LogP contribution in [0.25, 0.3) is 0 Å². The molecule has 17 heavy (non-hydrogen) atoms. The molecule has 0 saturated heterocycles. The van der Waals surface area contributed by atoms with Crippen LogP contribution in [0.2, 0.25) is 0 Å². The second kappa shape index (κ2) is 6.94. The predicted octanol–water partition coefficient (Wildman–Crippen LogP) is 3.64. The molecule has 0 fully saturated rings. The highest BCUT2D eigenvalue weighted by Gasteiger charge is 2.11. The molecule has 0 spiro atoms. The van der Waals surface area contributed by atoms with E-state index in [1.165, 1.54) is 31.0 Å². The van der Waals surface area contributed by atoms with Crippen LogP contribution in [0.3, 0.4) is 0 Å². The normalized spacial score (nSPS) is 10.4. The summed E-state index contributed by atoms with van der Waals surface area (Å²) >= 11 is 0. The van der Waals surface area contributed by atoms with Crippen LogP contribution >= 0.6 is 0 Å². The van der Waals surface area contributed by atoms with Gasteiger partial charge in [-0.3, -0.25) is 4.79 Å². The summed E-state index contributed by atoms with van der Waals surface area (Å²) in [6.07, 6.45) is 5.84. The Hall–Kier alpha value is -1.51. The Labute approximate surface area is 102 Å². The van der Waals surface area contributed by atoms with Gasteiger partial charge in [0.1, 0.15) is 11.5 Å². The van der Waals surface area contributed by atoms with Gasteiger partial charge in [-0.2, -0.15) is 0 Å². The van der Waals surface area contributed by atoms with Gasteiger partial charge in [0.25, 0.3) is 0 Å². The molecular formula is C14H20O3. The number of ketones is 1. The molecule has 1 aromatic carbocycles. The van der Waals surface area contributed by atoms with Crippen molar-refractivity contribution in [2.45, 2.75) is 45.4 Å². The first-order valence-electron chi connectivity index (χ1n) is 6.20. The molecule has 0 bridgehead atoms. The van der Waals surface area contributed by atoms with Gasteiger partial charge in [0.05, 0.1) is 5.56 Å². The average Bonchev–Trinajstić information content (AvgIpc) is 2.32. The van der Waals surface area contributed by atoms with Crippen LogP contribution in [0.15, 0.2) is 18.2 Å². The lowest BCUT2D eigenvalue weighted by Gasteiger charge is -2.04. The van der Waals surface area contributed by atoms with E-state index in [9.17, 15) is 15.0 Å². The molecule has 2 N–H and O–H groups in total. The van der Waals surface area contributed by atoms with Crippen LogP contribution in [0.1, 0.15) is 55.8 Å². The van der Waals surface area contributed by atoms with Crippen molar-refractivity contribution in [2.24, 2.45) is 0 Å². The van der Waals surface area contributed by atoms with Gasteiger partial charge in [-0.05, 0) is 24.6 Å². The first kappa shape index (κ1) is 13.6. The Kier molecular flexibility index (Phi) is 5.53. The highest BCUT2D eigenvalue weighted by atomic mass is 16.3. The van der Waals surface area contributed by atoms with Crippen molar-refractivity contribution in [3.63, 3.8) is 0 Å². The maximum atomic E-state index is 11.8. The highest BCUT2D eigenvalue weighted by Crippen LogP contribution is 2.24. The number of carbonyl (C=O) groups is 1. The molecule has 3 nitrogen and oxygen atoms in total. The maximum absolute atomic E-state index is 11.8. The fraction of sp³-hybridized carbons (Fsp3) is 0.500. The molecule has 0 saturated carbocycles. The molecule has 0 aromatic heterocycles. The van der Waals surface area contributed by atoms with E-state index in [1.54, 1.807) is 0 Å². The monoisotopic (exact) mass is 236 g/mol. The number of carbonyl (C=O) groups excluding carboxylic acids is 1. The minimum atomic E-state index is -0.102. The van der Waals surface area contributed by atoms with Crippen LogP contribution in [-0.2, 0) is 0 Å². The molecule has 1 rings (SSSR count). The van der Waals surface area contributed by atoms with Gasteiger partial charge in [-0.15, -0.1) is 0 Å². The Morgan fingerprint density at radius 3 is 2.53 bits per heavy atom. The minimum absolute atomic E-state index is 0.0112. The van der Waals surface area contributed by atoms with E-state index in [2.05, 4.69) is 6.92 Å². The van der Waals surface area contributed by atoms with Gasteiger partial charge < -0.3 is 10.2 Å². The number of hydrogen-bond acceptors (Lipinski definition) is 3. The van der Waals surface area contributed by atoms with Crippen molar-refractivity contribution in [1.82, 2.24) is 0 Å². The van der Waals surface area contributed by atoms with E-state index in [0.717, 1.165) is 19.3 Å². The summed E-state index contributed by atoms with van der Waals surface area (Å²) in [7, 11) is 0. The lowest BCUT2D eigenvalue weighted by atomic mass is 10.0. The van der Waals surface area contributed by atoms with Crippen molar-refractivity contribution in [1.29, 1.82) is 0 Å². The maximum Gasteiger partial charge on any atom is 0.166 e. The van der Waals surface area contributed by atoms with Gasteiger partial charge in [0.2, 0.25) is 0 Å². The number of benzene rings is 1. The van der Waals surface area contributed by atoms with E-state index >= 15 is 0 Å². The average molecular weight is 236 g/mol. The van der Waals surface area contributed by atoms with Crippen LogP contribution in [-0.4, -0.2) is 16.0 Å². The number of aromatic hydroxyl groups is 2. The summed E-state index contributed by atoms with van der Waals surface area (Å²) < 4.78 is 0. The number of phenolic OH excluding ortho intramolecular Hbond substituents is 2. The van der Waals surface area contributed by atoms with Crippen LogP contribution < -0.4 is 0 Å². The van der Waals surface area contributed by atoms with Crippen molar-refractivity contribution in [3.05, 3.63) is 23.8 Å². The second-order valence-corrected chi connectivity index (χ2v) is 4.29. The number of unbranched alkanes of at least 4 members (excludes halogenated alkanes) is 4. The third kappa shape index (κ3) is 4.47. The zero-order valence-corrected chi connectivity index (χ0v) is 10.3. The van der Waals surface area contributed by atoms with E-state index in [1.807, 2.05) is 0 Å². The SMILES string of the molecule is CCCCCCCC(=O)c1cc(O)ccc1O. The molecule has 3 heteroatoms. The Morgan fingerprint density at radius 1 is 1.12 bits per heavy atom. The highest BCUT2D eigenvalue weighted by molar-refractivity contribution is 5.98. The fourth-order valence-corrected chi connectivity index (χ4v) is 1.77. The summed E-state index contributed by atoms with van der Waals surface area (Å²) in [5, 5.41) is 18.8. The Balaban J connectivity index is 2.44. The summed E-state index contributed by atoms with van der Waals surface area (Å²) in [5.74, 6) is -0.145. The van der Waals surface area contributed by atoms with E-state index < -0.39 is 0 Å². The van der Waals surface area contributed by atoms with E-state index in [0.29, 0.717) is 6.42 Å². The topological polar surface area (TPSA) is 57.5 Å². The number of hydrogen-bond donors (Lipinski definition) is 2. The molecule has 0 amide bonds. The van der Waals surface area contributed by atoms with Crippen molar-refractivity contribution in [2.75, 3.05) is 0 Å². The summed E-state index contributed by atoms with van der Waals surface area (Å²) in [6, 6.07) is 4.04. The number of Topliss-reactive ketones (excluding diaryl/α,β-unsaturated/α-hetero) is 1. The molecule has 0 atom stereocenters. The smallest absolute Gasteiger partial charge is 0.166 e. The van der Waals surface area contributed by atoms with Gasteiger partial charge in [0.15, 0.2) is 5.78 Å². The minimum Gasteiger partial charge on any atom is -0.508 e. The quantitative estimate of drug-likeness (QED) is 0.431. The summed E-state index contributed by atoms with van der Waals surface area (Å²) in [6.45, 7) is 2.15.